The number of cyclic esters (lactones) is 2. The molecular formula is C14H11IO6. The highest BCUT2D eigenvalue weighted by Crippen LogP contribution is 2.25. The summed E-state index contributed by atoms with van der Waals surface area (Å²) in [5.74, 6) is -4.00. The Morgan fingerprint density at radius 1 is 1.19 bits per heavy atom. The Balaban J connectivity index is 2.42. The first-order chi connectivity index (χ1) is 9.68. The van der Waals surface area contributed by atoms with Crippen molar-refractivity contribution in [2.75, 3.05) is 0 Å². The number of ether oxygens (including phenoxy) is 2. The summed E-state index contributed by atoms with van der Waals surface area (Å²) >= 11 is 1.95. The van der Waals surface area contributed by atoms with Crippen LogP contribution in [0.3, 0.4) is 0 Å². The van der Waals surface area contributed by atoms with Crippen LogP contribution < -0.4 is 0 Å². The smallest absolute Gasteiger partial charge is 0.348 e. The fourth-order valence-electron chi connectivity index (χ4n) is 1.76. The second-order valence-electron chi connectivity index (χ2n) is 4.82. The van der Waals surface area contributed by atoms with E-state index in [-0.39, 0.29) is 11.1 Å². The van der Waals surface area contributed by atoms with Gasteiger partial charge in [-0.1, -0.05) is 0 Å². The van der Waals surface area contributed by atoms with Crippen LogP contribution in [0, 0.1) is 3.57 Å². The van der Waals surface area contributed by atoms with Gasteiger partial charge in [0.1, 0.15) is 5.57 Å². The van der Waals surface area contributed by atoms with Crippen molar-refractivity contribution in [3.05, 3.63) is 38.5 Å². The highest BCUT2D eigenvalue weighted by molar-refractivity contribution is 14.1. The molecule has 0 atom stereocenters. The molecule has 6 nitrogen and oxygen atoms in total. The van der Waals surface area contributed by atoms with Crippen molar-refractivity contribution in [3.8, 4) is 0 Å². The predicted molar refractivity (Wildman–Crippen MR) is 80.4 cm³/mol. The van der Waals surface area contributed by atoms with Crippen molar-refractivity contribution < 1.29 is 29.0 Å². The lowest BCUT2D eigenvalue weighted by atomic mass is 10.1. The number of carbonyl (C=O) groups is 3. The molecule has 0 amide bonds. The number of carbonyl (C=O) groups excluding carboxylic acids is 2. The molecule has 0 aromatic heterocycles. The first-order valence-corrected chi connectivity index (χ1v) is 6.98. The molecular weight excluding hydrogens is 391 g/mol. The molecule has 1 N–H and O–H groups in total. The Labute approximate surface area is 133 Å². The van der Waals surface area contributed by atoms with Gasteiger partial charge in [-0.05, 0) is 52.4 Å². The van der Waals surface area contributed by atoms with E-state index in [0.717, 1.165) is 0 Å². The van der Waals surface area contributed by atoms with Gasteiger partial charge in [0.25, 0.3) is 5.79 Å². The topological polar surface area (TPSA) is 89.9 Å². The number of halogens is 1. The van der Waals surface area contributed by atoms with Gasteiger partial charge in [-0.2, -0.15) is 0 Å². The van der Waals surface area contributed by atoms with Gasteiger partial charge in [0, 0.05) is 17.4 Å². The monoisotopic (exact) mass is 402 g/mol. The number of esters is 2. The van der Waals surface area contributed by atoms with E-state index in [1.807, 2.05) is 22.6 Å². The summed E-state index contributed by atoms with van der Waals surface area (Å²) in [4.78, 5) is 34.6. The minimum atomic E-state index is -1.30. The van der Waals surface area contributed by atoms with Crippen LogP contribution in [0.2, 0.25) is 0 Å². The molecule has 1 heterocycles. The van der Waals surface area contributed by atoms with Gasteiger partial charge in [0.15, 0.2) is 0 Å². The fraction of sp³-hybridized carbons (Fsp3) is 0.214. The molecule has 2 rings (SSSR count). The molecule has 0 unspecified atom stereocenters. The lowest BCUT2D eigenvalue weighted by Gasteiger charge is -2.29. The summed E-state index contributed by atoms with van der Waals surface area (Å²) in [6.07, 6.45) is 1.26. The summed E-state index contributed by atoms with van der Waals surface area (Å²) in [7, 11) is 0. The lowest BCUT2D eigenvalue weighted by molar-refractivity contribution is -0.222. The Hall–Kier alpha value is -1.90. The number of carboxylic acid groups (broad SMARTS) is 1. The molecule has 1 saturated heterocycles. The van der Waals surface area contributed by atoms with Crippen molar-refractivity contribution in [2.24, 2.45) is 0 Å². The third-order valence-electron chi connectivity index (χ3n) is 2.59. The lowest BCUT2D eigenvalue weighted by Crippen LogP contribution is -2.41. The number of carboxylic acids is 1. The summed E-state index contributed by atoms with van der Waals surface area (Å²) in [6.45, 7) is 2.90. The van der Waals surface area contributed by atoms with Crippen LogP contribution in [0.25, 0.3) is 6.08 Å². The zero-order valence-corrected chi connectivity index (χ0v) is 13.3. The van der Waals surface area contributed by atoms with Gasteiger partial charge >= 0.3 is 17.9 Å². The maximum atomic E-state index is 11.8. The highest BCUT2D eigenvalue weighted by atomic mass is 127. The molecule has 110 valence electrons. The molecule has 0 spiro atoms. The Bertz CT molecular complexity index is 652. The number of aromatic carboxylic acids is 1. The molecule has 1 aliphatic rings. The van der Waals surface area contributed by atoms with Gasteiger partial charge < -0.3 is 14.6 Å². The van der Waals surface area contributed by atoms with Gasteiger partial charge in [-0.25, -0.2) is 14.4 Å². The quantitative estimate of drug-likeness (QED) is 0.353. The van der Waals surface area contributed by atoms with Gasteiger partial charge in [0.05, 0.1) is 5.56 Å². The Kier molecular flexibility index (Phi) is 4.04. The largest absolute Gasteiger partial charge is 0.478 e. The highest BCUT2D eigenvalue weighted by Gasteiger charge is 2.38. The van der Waals surface area contributed by atoms with Crippen molar-refractivity contribution >= 4 is 46.6 Å². The van der Waals surface area contributed by atoms with Gasteiger partial charge in [-0.15, -0.1) is 0 Å². The van der Waals surface area contributed by atoms with E-state index < -0.39 is 23.7 Å². The summed E-state index contributed by atoms with van der Waals surface area (Å²) in [6, 6.07) is 4.48. The van der Waals surface area contributed by atoms with Crippen molar-refractivity contribution in [1.82, 2.24) is 0 Å². The van der Waals surface area contributed by atoms with E-state index in [2.05, 4.69) is 0 Å². The predicted octanol–water partition coefficient (Wildman–Crippen LogP) is 2.21. The van der Waals surface area contributed by atoms with E-state index in [0.29, 0.717) is 9.13 Å². The number of benzene rings is 1. The zero-order chi connectivity index (χ0) is 15.8. The third kappa shape index (κ3) is 3.60. The van der Waals surface area contributed by atoms with Crippen molar-refractivity contribution in [2.45, 2.75) is 19.6 Å². The van der Waals surface area contributed by atoms with E-state index in [1.54, 1.807) is 6.07 Å². The first kappa shape index (κ1) is 15.5. The summed E-state index contributed by atoms with van der Waals surface area (Å²) in [5, 5.41) is 9.00. The minimum Gasteiger partial charge on any atom is -0.478 e. The zero-order valence-electron chi connectivity index (χ0n) is 11.2. The molecule has 7 heteroatoms. The van der Waals surface area contributed by atoms with Crippen LogP contribution in [-0.4, -0.2) is 28.8 Å². The number of hydrogen-bond acceptors (Lipinski definition) is 5. The van der Waals surface area contributed by atoms with Crippen molar-refractivity contribution in [3.63, 3.8) is 0 Å². The van der Waals surface area contributed by atoms with Crippen LogP contribution in [0.1, 0.15) is 29.8 Å². The third-order valence-corrected chi connectivity index (χ3v) is 3.22. The van der Waals surface area contributed by atoms with E-state index in [1.165, 1.54) is 32.1 Å². The van der Waals surface area contributed by atoms with E-state index >= 15 is 0 Å². The van der Waals surface area contributed by atoms with E-state index in [9.17, 15) is 14.4 Å². The molecule has 21 heavy (non-hydrogen) atoms. The average Bonchev–Trinajstić information content (AvgIpc) is 2.32. The molecule has 0 saturated carbocycles. The molecule has 0 bridgehead atoms. The molecule has 1 aromatic rings. The minimum absolute atomic E-state index is 0.0617. The van der Waals surface area contributed by atoms with Crippen molar-refractivity contribution in [1.29, 1.82) is 0 Å². The summed E-state index contributed by atoms with van der Waals surface area (Å²) < 4.78 is 10.6. The number of hydrogen-bond donors (Lipinski definition) is 1. The van der Waals surface area contributed by atoms with Crippen LogP contribution in [-0.2, 0) is 19.1 Å². The first-order valence-electron chi connectivity index (χ1n) is 5.90. The molecule has 1 aliphatic heterocycles. The molecule has 1 fully saturated rings. The SMILES string of the molecule is CC1(C)OC(=O)C(=Cc2cc(I)cc(C(=O)O)c2)C(=O)O1. The van der Waals surface area contributed by atoms with Crippen LogP contribution in [0.5, 0.6) is 0 Å². The normalized spacial score (nSPS) is 17.0. The fourth-order valence-corrected chi connectivity index (χ4v) is 2.46. The molecule has 0 radical (unpaired) electrons. The summed E-state index contributed by atoms with van der Waals surface area (Å²) in [5.41, 5.74) is 0.196. The maximum Gasteiger partial charge on any atom is 0.348 e. The van der Waals surface area contributed by atoms with Gasteiger partial charge in [0.2, 0.25) is 0 Å². The number of rotatable bonds is 2. The Morgan fingerprint density at radius 3 is 2.29 bits per heavy atom. The van der Waals surface area contributed by atoms with E-state index in [4.69, 9.17) is 14.6 Å². The van der Waals surface area contributed by atoms with Gasteiger partial charge in [-0.3, -0.25) is 0 Å². The second kappa shape index (κ2) is 5.47. The molecule has 1 aromatic carbocycles. The van der Waals surface area contributed by atoms with Crippen LogP contribution in [0.15, 0.2) is 23.8 Å². The standard InChI is InChI=1S/C14H11IO6/c1-14(2)20-12(18)10(13(19)21-14)5-7-3-8(11(16)17)6-9(15)4-7/h3-6H,1-2H3,(H,16,17). The maximum absolute atomic E-state index is 11.8. The van der Waals surface area contributed by atoms with Crippen LogP contribution in [0.4, 0.5) is 0 Å². The second-order valence-corrected chi connectivity index (χ2v) is 6.06. The Morgan fingerprint density at radius 2 is 1.76 bits per heavy atom. The van der Waals surface area contributed by atoms with Crippen LogP contribution >= 0.6 is 22.6 Å². The average molecular weight is 402 g/mol. The molecule has 0 aliphatic carbocycles.